The molecule has 1 atom stereocenters. The highest BCUT2D eigenvalue weighted by Gasteiger charge is 2.03. The zero-order valence-corrected chi connectivity index (χ0v) is 6.30. The van der Waals surface area contributed by atoms with Crippen LogP contribution in [0.25, 0.3) is 4.85 Å². The number of aromatic nitrogens is 4. The van der Waals surface area contributed by atoms with Crippen molar-refractivity contribution in [3.63, 3.8) is 0 Å². The van der Waals surface area contributed by atoms with Gasteiger partial charge in [-0.15, -0.1) is 5.10 Å². The predicted molar refractivity (Wildman–Crippen MR) is 38.5 cm³/mol. The number of tetrazole rings is 1. The fraction of sp³-hybridized carbons (Fsp3) is 0.667. The zero-order valence-electron chi connectivity index (χ0n) is 6.30. The van der Waals surface area contributed by atoms with E-state index in [1.54, 1.807) is 11.0 Å². The van der Waals surface area contributed by atoms with Crippen molar-refractivity contribution in [1.82, 2.24) is 20.2 Å². The summed E-state index contributed by atoms with van der Waals surface area (Å²) in [6, 6.07) is 0.0548. The Kier molecular flexibility index (Phi) is 2.55. The minimum atomic E-state index is 0.0548. The molecule has 58 valence electrons. The van der Waals surface area contributed by atoms with Crippen molar-refractivity contribution in [2.75, 3.05) is 0 Å². The van der Waals surface area contributed by atoms with E-state index in [1.165, 1.54) is 0 Å². The summed E-state index contributed by atoms with van der Waals surface area (Å²) in [5, 5.41) is 10.6. The number of nitrogens with zero attached hydrogens (tertiary/aromatic N) is 5. The van der Waals surface area contributed by atoms with E-state index in [-0.39, 0.29) is 6.04 Å². The molecular formula is C6H9N5. The first-order chi connectivity index (χ1) is 5.33. The van der Waals surface area contributed by atoms with Gasteiger partial charge < -0.3 is 4.85 Å². The predicted octanol–water partition coefficient (Wildman–Crippen LogP) is 0.371. The molecule has 0 aliphatic heterocycles. The summed E-state index contributed by atoms with van der Waals surface area (Å²) >= 11 is 0. The molecule has 0 saturated heterocycles. The third-order valence-electron chi connectivity index (χ3n) is 1.39. The van der Waals surface area contributed by atoms with Gasteiger partial charge in [-0.1, -0.05) is 0 Å². The van der Waals surface area contributed by atoms with Crippen LogP contribution in [0.5, 0.6) is 0 Å². The fourth-order valence-corrected chi connectivity index (χ4v) is 0.666. The van der Waals surface area contributed by atoms with Crippen LogP contribution < -0.4 is 0 Å². The van der Waals surface area contributed by atoms with Crippen LogP contribution in [0.1, 0.15) is 13.3 Å². The fourth-order valence-electron chi connectivity index (χ4n) is 0.666. The second-order valence-electron chi connectivity index (χ2n) is 2.34. The SMILES string of the molecule is [C-]#[N+]C(C)CCn1cnnn1. The standard InChI is InChI=1S/C6H9N5/c1-6(7-2)3-4-11-5-8-9-10-11/h5-6H,3-4H2,1H3. The maximum atomic E-state index is 6.70. The van der Waals surface area contributed by atoms with Crippen molar-refractivity contribution in [1.29, 1.82) is 0 Å². The number of hydrogen-bond donors (Lipinski definition) is 0. The van der Waals surface area contributed by atoms with E-state index in [0.717, 1.165) is 13.0 Å². The summed E-state index contributed by atoms with van der Waals surface area (Å²) in [4.78, 5) is 3.36. The molecule has 1 unspecified atom stereocenters. The van der Waals surface area contributed by atoms with Gasteiger partial charge in [-0.25, -0.2) is 11.3 Å². The Morgan fingerprint density at radius 3 is 3.09 bits per heavy atom. The lowest BCUT2D eigenvalue weighted by molar-refractivity contribution is 0.541. The molecule has 1 rings (SSSR count). The molecule has 0 saturated carbocycles. The van der Waals surface area contributed by atoms with Gasteiger partial charge >= 0.3 is 0 Å². The Labute approximate surface area is 64.8 Å². The second-order valence-corrected chi connectivity index (χ2v) is 2.34. The van der Waals surface area contributed by atoms with Crippen molar-refractivity contribution >= 4 is 0 Å². The molecule has 11 heavy (non-hydrogen) atoms. The van der Waals surface area contributed by atoms with Gasteiger partial charge in [0.1, 0.15) is 6.33 Å². The Morgan fingerprint density at radius 2 is 2.55 bits per heavy atom. The van der Waals surface area contributed by atoms with E-state index < -0.39 is 0 Å². The van der Waals surface area contributed by atoms with Crippen LogP contribution in [0.3, 0.4) is 0 Å². The average molecular weight is 151 g/mol. The normalized spacial score (nSPS) is 12.4. The molecule has 1 aromatic heterocycles. The van der Waals surface area contributed by atoms with Crippen molar-refractivity contribution in [2.24, 2.45) is 0 Å². The van der Waals surface area contributed by atoms with Gasteiger partial charge in [-0.2, -0.15) is 0 Å². The molecule has 0 radical (unpaired) electrons. The Bertz CT molecular complexity index is 234. The minimum Gasteiger partial charge on any atom is -0.314 e. The molecule has 0 aliphatic carbocycles. The van der Waals surface area contributed by atoms with Crippen molar-refractivity contribution < 1.29 is 0 Å². The van der Waals surface area contributed by atoms with Crippen LogP contribution in [-0.2, 0) is 6.54 Å². The molecule has 1 aromatic rings. The number of hydrogen-bond acceptors (Lipinski definition) is 3. The van der Waals surface area contributed by atoms with Crippen LogP contribution in [0.2, 0.25) is 0 Å². The van der Waals surface area contributed by atoms with E-state index in [4.69, 9.17) is 6.57 Å². The Morgan fingerprint density at radius 1 is 1.73 bits per heavy atom. The van der Waals surface area contributed by atoms with Gasteiger partial charge in [0.25, 0.3) is 0 Å². The summed E-state index contributed by atoms with van der Waals surface area (Å²) in [7, 11) is 0. The maximum absolute atomic E-state index is 6.70. The maximum Gasteiger partial charge on any atom is 0.222 e. The largest absolute Gasteiger partial charge is 0.314 e. The molecule has 5 heteroatoms. The van der Waals surface area contributed by atoms with Crippen molar-refractivity contribution in [3.05, 3.63) is 17.7 Å². The third kappa shape index (κ3) is 2.34. The van der Waals surface area contributed by atoms with E-state index in [1.807, 2.05) is 6.92 Å². The molecule has 0 aromatic carbocycles. The number of aryl methyl sites for hydroxylation is 1. The Hall–Kier alpha value is -1.44. The van der Waals surface area contributed by atoms with Crippen LogP contribution >= 0.6 is 0 Å². The third-order valence-corrected chi connectivity index (χ3v) is 1.39. The molecule has 1 heterocycles. The van der Waals surface area contributed by atoms with Gasteiger partial charge in [0.15, 0.2) is 0 Å². The topological polar surface area (TPSA) is 48.0 Å². The molecular weight excluding hydrogens is 142 g/mol. The van der Waals surface area contributed by atoms with Gasteiger partial charge in [0.05, 0.1) is 6.54 Å². The lowest BCUT2D eigenvalue weighted by Crippen LogP contribution is -2.04. The van der Waals surface area contributed by atoms with Crippen LogP contribution in [0, 0.1) is 6.57 Å². The summed E-state index contributed by atoms with van der Waals surface area (Å²) < 4.78 is 1.63. The Balaban J connectivity index is 2.30. The molecule has 0 spiro atoms. The van der Waals surface area contributed by atoms with Crippen molar-refractivity contribution in [3.8, 4) is 0 Å². The van der Waals surface area contributed by atoms with E-state index in [2.05, 4.69) is 20.4 Å². The lowest BCUT2D eigenvalue weighted by atomic mass is 10.2. The van der Waals surface area contributed by atoms with Gasteiger partial charge in [0.2, 0.25) is 6.04 Å². The molecule has 0 aliphatic rings. The molecule has 0 bridgehead atoms. The number of rotatable bonds is 3. The molecule has 0 fully saturated rings. The van der Waals surface area contributed by atoms with E-state index in [9.17, 15) is 0 Å². The smallest absolute Gasteiger partial charge is 0.222 e. The molecule has 5 nitrogen and oxygen atoms in total. The van der Waals surface area contributed by atoms with Crippen LogP contribution in [0.15, 0.2) is 6.33 Å². The summed E-state index contributed by atoms with van der Waals surface area (Å²) in [6.07, 6.45) is 2.35. The minimum absolute atomic E-state index is 0.0548. The molecule has 0 amide bonds. The first-order valence-corrected chi connectivity index (χ1v) is 3.40. The monoisotopic (exact) mass is 151 g/mol. The van der Waals surface area contributed by atoms with E-state index >= 15 is 0 Å². The highest BCUT2D eigenvalue weighted by atomic mass is 15.5. The second kappa shape index (κ2) is 3.66. The van der Waals surface area contributed by atoms with Gasteiger partial charge in [-0.3, -0.25) is 0 Å². The highest BCUT2D eigenvalue weighted by molar-refractivity contribution is 4.71. The first-order valence-electron chi connectivity index (χ1n) is 3.40. The summed E-state index contributed by atoms with van der Waals surface area (Å²) in [5.74, 6) is 0. The summed E-state index contributed by atoms with van der Waals surface area (Å²) in [5.41, 5.74) is 0. The highest BCUT2D eigenvalue weighted by Crippen LogP contribution is 1.97. The van der Waals surface area contributed by atoms with Gasteiger partial charge in [-0.05, 0) is 10.4 Å². The van der Waals surface area contributed by atoms with Crippen LogP contribution in [-0.4, -0.2) is 26.2 Å². The zero-order chi connectivity index (χ0) is 8.10. The lowest BCUT2D eigenvalue weighted by Gasteiger charge is -1.96. The van der Waals surface area contributed by atoms with Gasteiger partial charge in [0, 0.05) is 13.3 Å². The van der Waals surface area contributed by atoms with E-state index in [0.29, 0.717) is 0 Å². The van der Waals surface area contributed by atoms with Crippen LogP contribution in [0.4, 0.5) is 0 Å². The average Bonchev–Trinajstić information content (AvgIpc) is 2.52. The quantitative estimate of drug-likeness (QED) is 0.586. The molecule has 0 N–H and O–H groups in total. The van der Waals surface area contributed by atoms with Crippen molar-refractivity contribution in [2.45, 2.75) is 25.9 Å². The summed E-state index contributed by atoms with van der Waals surface area (Å²) in [6.45, 7) is 9.31. The first kappa shape index (κ1) is 7.66.